The van der Waals surface area contributed by atoms with Gasteiger partial charge in [-0.1, -0.05) is 30.3 Å². The Balaban J connectivity index is 1.92. The number of aromatic nitrogens is 1. The van der Waals surface area contributed by atoms with Crippen LogP contribution in [0.25, 0.3) is 10.8 Å². The van der Waals surface area contributed by atoms with Crippen molar-refractivity contribution >= 4 is 27.8 Å². The van der Waals surface area contributed by atoms with E-state index in [-0.39, 0.29) is 0 Å². The van der Waals surface area contributed by atoms with E-state index in [9.17, 15) is 0 Å². The Hall–Kier alpha value is -2.55. The molecule has 3 heteroatoms. The lowest BCUT2D eigenvalue weighted by atomic mass is 10.1. The first-order valence-electron chi connectivity index (χ1n) is 6.24. The van der Waals surface area contributed by atoms with E-state index in [4.69, 9.17) is 0 Å². The van der Waals surface area contributed by atoms with Gasteiger partial charge >= 0.3 is 0 Å². The van der Waals surface area contributed by atoms with Crippen LogP contribution in [0.3, 0.4) is 0 Å². The standard InChI is InChI=1S/C16H15N3/c1-17-15-9-16(11-18-10-15)19-14-7-6-12-4-2-3-5-13(12)8-14/h2-11,17,19H,1H3. The highest BCUT2D eigenvalue weighted by Crippen LogP contribution is 2.23. The van der Waals surface area contributed by atoms with Crippen molar-refractivity contribution in [3.63, 3.8) is 0 Å². The van der Waals surface area contributed by atoms with Crippen molar-refractivity contribution in [1.29, 1.82) is 0 Å². The molecule has 0 aliphatic heterocycles. The van der Waals surface area contributed by atoms with E-state index in [0.29, 0.717) is 0 Å². The lowest BCUT2D eigenvalue weighted by Gasteiger charge is -2.08. The molecule has 1 heterocycles. The summed E-state index contributed by atoms with van der Waals surface area (Å²) in [7, 11) is 1.89. The van der Waals surface area contributed by atoms with E-state index in [1.165, 1.54) is 10.8 Å². The summed E-state index contributed by atoms with van der Waals surface area (Å²) in [6.45, 7) is 0. The van der Waals surface area contributed by atoms with E-state index in [0.717, 1.165) is 17.1 Å². The summed E-state index contributed by atoms with van der Waals surface area (Å²) in [6.07, 6.45) is 3.61. The average Bonchev–Trinajstić information content (AvgIpc) is 2.47. The number of benzene rings is 2. The molecule has 0 saturated carbocycles. The highest BCUT2D eigenvalue weighted by molar-refractivity contribution is 5.86. The fourth-order valence-corrected chi connectivity index (χ4v) is 2.08. The number of hydrogen-bond acceptors (Lipinski definition) is 3. The summed E-state index contributed by atoms with van der Waals surface area (Å²) in [5, 5.41) is 8.92. The molecule has 1 aromatic heterocycles. The number of anilines is 3. The topological polar surface area (TPSA) is 37.0 Å². The van der Waals surface area contributed by atoms with Gasteiger partial charge in [0.1, 0.15) is 0 Å². The van der Waals surface area contributed by atoms with Gasteiger partial charge in [-0.05, 0) is 29.0 Å². The molecule has 19 heavy (non-hydrogen) atoms. The van der Waals surface area contributed by atoms with Crippen LogP contribution in [0.15, 0.2) is 60.9 Å². The van der Waals surface area contributed by atoms with Crippen molar-refractivity contribution in [3.8, 4) is 0 Å². The highest BCUT2D eigenvalue weighted by Gasteiger charge is 1.98. The van der Waals surface area contributed by atoms with E-state index in [1.54, 1.807) is 6.20 Å². The molecule has 0 fully saturated rings. The van der Waals surface area contributed by atoms with Gasteiger partial charge in [-0.2, -0.15) is 0 Å². The van der Waals surface area contributed by atoms with Crippen LogP contribution in [-0.4, -0.2) is 12.0 Å². The Morgan fingerprint density at radius 1 is 0.789 bits per heavy atom. The first-order valence-corrected chi connectivity index (χ1v) is 6.24. The molecule has 94 valence electrons. The van der Waals surface area contributed by atoms with Crippen LogP contribution in [0, 0.1) is 0 Å². The largest absolute Gasteiger partial charge is 0.387 e. The van der Waals surface area contributed by atoms with Crippen molar-refractivity contribution in [2.24, 2.45) is 0 Å². The van der Waals surface area contributed by atoms with Gasteiger partial charge in [0.25, 0.3) is 0 Å². The zero-order valence-corrected chi connectivity index (χ0v) is 10.7. The van der Waals surface area contributed by atoms with Crippen molar-refractivity contribution in [2.75, 3.05) is 17.7 Å². The van der Waals surface area contributed by atoms with Gasteiger partial charge < -0.3 is 10.6 Å². The first kappa shape index (κ1) is 11.5. The number of rotatable bonds is 3. The molecule has 3 nitrogen and oxygen atoms in total. The Bertz CT molecular complexity index is 707. The summed E-state index contributed by atoms with van der Waals surface area (Å²) < 4.78 is 0. The van der Waals surface area contributed by atoms with Crippen LogP contribution in [-0.2, 0) is 0 Å². The van der Waals surface area contributed by atoms with E-state index < -0.39 is 0 Å². The molecule has 3 rings (SSSR count). The molecular formula is C16H15N3. The smallest absolute Gasteiger partial charge is 0.0591 e. The number of nitrogens with one attached hydrogen (secondary N) is 2. The first-order chi connectivity index (χ1) is 9.35. The second-order valence-corrected chi connectivity index (χ2v) is 4.40. The summed E-state index contributed by atoms with van der Waals surface area (Å²) in [6, 6.07) is 16.7. The van der Waals surface area contributed by atoms with E-state index in [1.807, 2.05) is 19.3 Å². The molecule has 0 spiro atoms. The average molecular weight is 249 g/mol. The third kappa shape index (κ3) is 2.50. The van der Waals surface area contributed by atoms with Crippen molar-refractivity contribution in [3.05, 3.63) is 60.9 Å². The molecule has 0 aliphatic carbocycles. The quantitative estimate of drug-likeness (QED) is 0.736. The molecule has 0 atom stereocenters. The van der Waals surface area contributed by atoms with Crippen LogP contribution in [0.5, 0.6) is 0 Å². The molecule has 0 aliphatic rings. The van der Waals surface area contributed by atoms with Gasteiger partial charge in [0.05, 0.1) is 23.8 Å². The molecule has 2 aromatic carbocycles. The zero-order chi connectivity index (χ0) is 13.1. The lowest BCUT2D eigenvalue weighted by molar-refractivity contribution is 1.31. The van der Waals surface area contributed by atoms with Gasteiger partial charge in [-0.15, -0.1) is 0 Å². The van der Waals surface area contributed by atoms with Gasteiger partial charge in [-0.3, -0.25) is 4.98 Å². The molecule has 0 bridgehead atoms. The van der Waals surface area contributed by atoms with Gasteiger partial charge in [0.2, 0.25) is 0 Å². The van der Waals surface area contributed by atoms with Gasteiger partial charge in [0, 0.05) is 12.7 Å². The van der Waals surface area contributed by atoms with Crippen molar-refractivity contribution in [2.45, 2.75) is 0 Å². The molecular weight excluding hydrogens is 234 g/mol. The van der Waals surface area contributed by atoms with Gasteiger partial charge in [0.15, 0.2) is 0 Å². The zero-order valence-electron chi connectivity index (χ0n) is 10.7. The predicted molar refractivity (Wildman–Crippen MR) is 81.0 cm³/mol. The Morgan fingerprint density at radius 2 is 1.58 bits per heavy atom. The number of nitrogens with zero attached hydrogens (tertiary/aromatic N) is 1. The maximum Gasteiger partial charge on any atom is 0.0591 e. The maximum absolute atomic E-state index is 4.19. The molecule has 0 amide bonds. The Labute approximate surface area is 112 Å². The van der Waals surface area contributed by atoms with Crippen LogP contribution >= 0.6 is 0 Å². The van der Waals surface area contributed by atoms with E-state index >= 15 is 0 Å². The normalized spacial score (nSPS) is 10.4. The maximum atomic E-state index is 4.19. The minimum Gasteiger partial charge on any atom is -0.387 e. The third-order valence-corrected chi connectivity index (χ3v) is 3.07. The summed E-state index contributed by atoms with van der Waals surface area (Å²) in [4.78, 5) is 4.19. The third-order valence-electron chi connectivity index (χ3n) is 3.07. The number of fused-ring (bicyclic) bond motifs is 1. The molecule has 3 aromatic rings. The van der Waals surface area contributed by atoms with Gasteiger partial charge in [-0.25, -0.2) is 0 Å². The molecule has 0 unspecified atom stereocenters. The summed E-state index contributed by atoms with van der Waals surface area (Å²) >= 11 is 0. The van der Waals surface area contributed by atoms with Crippen LogP contribution in [0.4, 0.5) is 17.1 Å². The summed E-state index contributed by atoms with van der Waals surface area (Å²) in [5.74, 6) is 0. The van der Waals surface area contributed by atoms with Crippen molar-refractivity contribution < 1.29 is 0 Å². The van der Waals surface area contributed by atoms with Crippen LogP contribution in [0.1, 0.15) is 0 Å². The van der Waals surface area contributed by atoms with Crippen molar-refractivity contribution in [1.82, 2.24) is 4.98 Å². The predicted octanol–water partition coefficient (Wildman–Crippen LogP) is 4.02. The Kier molecular flexibility index (Phi) is 3.02. The SMILES string of the molecule is CNc1cncc(Nc2ccc3ccccc3c2)c1. The molecule has 0 saturated heterocycles. The second-order valence-electron chi connectivity index (χ2n) is 4.40. The number of pyridine rings is 1. The number of hydrogen-bond donors (Lipinski definition) is 2. The van der Waals surface area contributed by atoms with Crippen LogP contribution in [0.2, 0.25) is 0 Å². The minimum absolute atomic E-state index is 0.974. The minimum atomic E-state index is 0.974. The highest BCUT2D eigenvalue weighted by atomic mass is 14.9. The second kappa shape index (κ2) is 4.98. The fourth-order valence-electron chi connectivity index (χ4n) is 2.08. The molecule has 2 N–H and O–H groups in total. The summed E-state index contributed by atoms with van der Waals surface area (Å²) in [5.41, 5.74) is 3.03. The monoisotopic (exact) mass is 249 g/mol. The molecule has 0 radical (unpaired) electrons. The Morgan fingerprint density at radius 3 is 2.42 bits per heavy atom. The van der Waals surface area contributed by atoms with Crippen LogP contribution < -0.4 is 10.6 Å². The lowest BCUT2D eigenvalue weighted by Crippen LogP contribution is -1.94. The fraction of sp³-hybridized carbons (Fsp3) is 0.0625. The van der Waals surface area contributed by atoms with E-state index in [2.05, 4.69) is 58.1 Å².